The van der Waals surface area contributed by atoms with Gasteiger partial charge in [-0.25, -0.2) is 0 Å². The average molecular weight is 329 g/mol. The lowest BCUT2D eigenvalue weighted by molar-refractivity contribution is 0.268. The SMILES string of the molecule is C(=C\c1nn2c(CN3CCCCCC3)nnc2s1)/c1ccco1. The maximum absolute atomic E-state index is 5.30. The van der Waals surface area contributed by atoms with E-state index in [0.717, 1.165) is 41.2 Å². The van der Waals surface area contributed by atoms with Gasteiger partial charge in [0.05, 0.1) is 12.8 Å². The number of furan rings is 1. The molecule has 0 radical (unpaired) electrons. The van der Waals surface area contributed by atoms with E-state index in [0.29, 0.717) is 0 Å². The summed E-state index contributed by atoms with van der Waals surface area (Å²) >= 11 is 1.54. The Morgan fingerprint density at radius 2 is 2.00 bits per heavy atom. The molecule has 4 rings (SSSR count). The Morgan fingerprint density at radius 3 is 2.78 bits per heavy atom. The quantitative estimate of drug-likeness (QED) is 0.735. The van der Waals surface area contributed by atoms with E-state index in [1.54, 1.807) is 6.26 Å². The van der Waals surface area contributed by atoms with Gasteiger partial charge in [0, 0.05) is 0 Å². The van der Waals surface area contributed by atoms with E-state index in [2.05, 4.69) is 20.2 Å². The number of fused-ring (bicyclic) bond motifs is 1. The van der Waals surface area contributed by atoms with Crippen molar-refractivity contribution in [3.05, 3.63) is 35.0 Å². The van der Waals surface area contributed by atoms with Crippen LogP contribution < -0.4 is 0 Å². The first kappa shape index (κ1) is 14.6. The lowest BCUT2D eigenvalue weighted by Gasteiger charge is -2.17. The molecule has 0 saturated carbocycles. The normalized spacial score (nSPS) is 17.2. The Bertz CT molecular complexity index is 781. The maximum atomic E-state index is 5.30. The van der Waals surface area contributed by atoms with Gasteiger partial charge in [-0.3, -0.25) is 4.90 Å². The van der Waals surface area contributed by atoms with E-state index in [4.69, 9.17) is 4.42 Å². The zero-order valence-corrected chi connectivity index (χ0v) is 13.7. The molecule has 0 amide bonds. The summed E-state index contributed by atoms with van der Waals surface area (Å²) in [5.74, 6) is 1.75. The molecule has 0 spiro atoms. The lowest BCUT2D eigenvalue weighted by Crippen LogP contribution is -2.25. The minimum Gasteiger partial charge on any atom is -0.465 e. The number of hydrogen-bond donors (Lipinski definition) is 0. The summed E-state index contributed by atoms with van der Waals surface area (Å²) in [5, 5.41) is 14.1. The highest BCUT2D eigenvalue weighted by atomic mass is 32.1. The Labute approximate surface area is 138 Å². The minimum absolute atomic E-state index is 0.820. The second kappa shape index (κ2) is 6.64. The van der Waals surface area contributed by atoms with Crippen LogP contribution in [0.1, 0.15) is 42.3 Å². The molecule has 0 aromatic carbocycles. The van der Waals surface area contributed by atoms with Crippen LogP contribution >= 0.6 is 11.3 Å². The van der Waals surface area contributed by atoms with Gasteiger partial charge < -0.3 is 4.42 Å². The summed E-state index contributed by atoms with van der Waals surface area (Å²) in [6, 6.07) is 3.79. The monoisotopic (exact) mass is 329 g/mol. The molecule has 0 N–H and O–H groups in total. The number of nitrogens with zero attached hydrogens (tertiary/aromatic N) is 5. The molecule has 23 heavy (non-hydrogen) atoms. The van der Waals surface area contributed by atoms with Crippen LogP contribution in [-0.2, 0) is 6.54 Å². The van der Waals surface area contributed by atoms with Gasteiger partial charge in [0.25, 0.3) is 0 Å². The Balaban J connectivity index is 1.52. The fourth-order valence-corrected chi connectivity index (χ4v) is 3.63. The number of rotatable bonds is 4. The molecule has 1 saturated heterocycles. The first-order valence-corrected chi connectivity index (χ1v) is 8.85. The molecule has 3 aromatic heterocycles. The van der Waals surface area contributed by atoms with E-state index < -0.39 is 0 Å². The van der Waals surface area contributed by atoms with Gasteiger partial charge in [-0.15, -0.1) is 10.2 Å². The largest absolute Gasteiger partial charge is 0.465 e. The van der Waals surface area contributed by atoms with Crippen LogP contribution in [0.4, 0.5) is 0 Å². The third kappa shape index (κ3) is 3.35. The first-order chi connectivity index (χ1) is 11.4. The van der Waals surface area contributed by atoms with Gasteiger partial charge in [0.2, 0.25) is 4.96 Å². The maximum Gasteiger partial charge on any atom is 0.235 e. The standard InChI is InChI=1S/C16H19N5OS/c1-2-4-10-20(9-3-1)12-14-17-18-16-21(14)19-15(23-16)8-7-13-6-5-11-22-13/h5-8,11H,1-4,9-10,12H2/b8-7+. The minimum atomic E-state index is 0.820. The topological polar surface area (TPSA) is 59.5 Å². The van der Waals surface area contributed by atoms with E-state index >= 15 is 0 Å². The van der Waals surface area contributed by atoms with Crippen LogP contribution in [0.25, 0.3) is 17.1 Å². The molecule has 7 heteroatoms. The third-order valence-corrected chi connectivity index (χ3v) is 4.93. The summed E-state index contributed by atoms with van der Waals surface area (Å²) < 4.78 is 7.17. The molecule has 0 unspecified atom stereocenters. The number of aromatic nitrogens is 4. The second-order valence-corrected chi connectivity index (χ2v) is 6.78. The molecule has 4 heterocycles. The van der Waals surface area contributed by atoms with Gasteiger partial charge in [0.15, 0.2) is 5.82 Å². The van der Waals surface area contributed by atoms with Crippen LogP contribution in [-0.4, -0.2) is 37.8 Å². The van der Waals surface area contributed by atoms with Crippen molar-refractivity contribution in [3.8, 4) is 0 Å². The van der Waals surface area contributed by atoms with E-state index in [9.17, 15) is 0 Å². The van der Waals surface area contributed by atoms with Crippen LogP contribution in [0.15, 0.2) is 22.8 Å². The van der Waals surface area contributed by atoms with Crippen LogP contribution in [0, 0.1) is 0 Å². The Kier molecular flexibility index (Phi) is 4.21. The molecule has 1 fully saturated rings. The highest BCUT2D eigenvalue weighted by Crippen LogP contribution is 2.18. The highest BCUT2D eigenvalue weighted by Gasteiger charge is 2.15. The molecule has 1 aliphatic rings. The predicted molar refractivity (Wildman–Crippen MR) is 90.0 cm³/mol. The molecule has 3 aromatic rings. The summed E-state index contributed by atoms with van der Waals surface area (Å²) in [7, 11) is 0. The van der Waals surface area contributed by atoms with Crippen molar-refractivity contribution >= 4 is 28.4 Å². The zero-order chi connectivity index (χ0) is 15.5. The molecule has 0 atom stereocenters. The summed E-state index contributed by atoms with van der Waals surface area (Å²) in [5.41, 5.74) is 0. The van der Waals surface area contributed by atoms with Gasteiger partial charge in [-0.2, -0.15) is 9.61 Å². The van der Waals surface area contributed by atoms with E-state index in [1.165, 1.54) is 37.0 Å². The Hall–Kier alpha value is -1.99. The van der Waals surface area contributed by atoms with Gasteiger partial charge in [-0.1, -0.05) is 24.2 Å². The smallest absolute Gasteiger partial charge is 0.235 e. The second-order valence-electron chi connectivity index (χ2n) is 5.79. The third-order valence-electron chi connectivity index (χ3n) is 4.07. The highest BCUT2D eigenvalue weighted by molar-refractivity contribution is 7.17. The fourth-order valence-electron chi connectivity index (χ4n) is 2.87. The molecule has 120 valence electrons. The summed E-state index contributed by atoms with van der Waals surface area (Å²) in [6.07, 6.45) is 10.8. The van der Waals surface area contributed by atoms with E-state index in [1.807, 2.05) is 28.8 Å². The van der Waals surface area contributed by atoms with Crippen molar-refractivity contribution in [1.82, 2.24) is 24.7 Å². The average Bonchev–Trinajstić information content (AvgIpc) is 3.22. The van der Waals surface area contributed by atoms with Crippen molar-refractivity contribution in [3.63, 3.8) is 0 Å². The summed E-state index contributed by atoms with van der Waals surface area (Å²) in [6.45, 7) is 3.11. The van der Waals surface area contributed by atoms with Crippen molar-refractivity contribution in [2.24, 2.45) is 0 Å². The van der Waals surface area contributed by atoms with Crippen molar-refractivity contribution in [1.29, 1.82) is 0 Å². The fraction of sp³-hybridized carbons (Fsp3) is 0.438. The van der Waals surface area contributed by atoms with Gasteiger partial charge in [-0.05, 0) is 50.2 Å². The van der Waals surface area contributed by atoms with Crippen LogP contribution in [0.2, 0.25) is 0 Å². The molecule has 1 aliphatic heterocycles. The zero-order valence-electron chi connectivity index (χ0n) is 12.9. The summed E-state index contributed by atoms with van der Waals surface area (Å²) in [4.78, 5) is 3.30. The molecule has 0 bridgehead atoms. The van der Waals surface area contributed by atoms with Crippen molar-refractivity contribution < 1.29 is 4.42 Å². The van der Waals surface area contributed by atoms with E-state index in [-0.39, 0.29) is 0 Å². The predicted octanol–water partition coefficient (Wildman–Crippen LogP) is 3.33. The van der Waals surface area contributed by atoms with Gasteiger partial charge >= 0.3 is 0 Å². The number of likely N-dealkylation sites (tertiary alicyclic amines) is 1. The van der Waals surface area contributed by atoms with Crippen molar-refractivity contribution in [2.75, 3.05) is 13.1 Å². The first-order valence-electron chi connectivity index (χ1n) is 8.03. The molecular formula is C16H19N5OS. The van der Waals surface area contributed by atoms with Crippen LogP contribution in [0.3, 0.4) is 0 Å². The molecule has 6 nitrogen and oxygen atoms in total. The van der Waals surface area contributed by atoms with Gasteiger partial charge in [0.1, 0.15) is 10.8 Å². The van der Waals surface area contributed by atoms with Crippen LogP contribution in [0.5, 0.6) is 0 Å². The number of hydrogen-bond acceptors (Lipinski definition) is 6. The van der Waals surface area contributed by atoms with Crippen molar-refractivity contribution in [2.45, 2.75) is 32.2 Å². The lowest BCUT2D eigenvalue weighted by atomic mass is 10.2. The Morgan fingerprint density at radius 1 is 1.13 bits per heavy atom. The molecular weight excluding hydrogens is 310 g/mol. The molecule has 0 aliphatic carbocycles.